The van der Waals surface area contributed by atoms with E-state index in [1.165, 1.54) is 0 Å². The van der Waals surface area contributed by atoms with Gasteiger partial charge in [-0.25, -0.2) is 0 Å². The standard InChI is InChI=1S/C18H34O4Si3/c1-23(2,3)20-16(15-13-11-10-12-14-15)17(21-24(4,5)6)18(19)22-25(7,8)9/h10-14,16-17H,1-9H3/t16-,17-/m1/s1. The molecule has 25 heavy (non-hydrogen) atoms. The summed E-state index contributed by atoms with van der Waals surface area (Å²) in [4.78, 5) is 13.0. The van der Waals surface area contributed by atoms with Crippen LogP contribution in [0.2, 0.25) is 58.9 Å². The Labute approximate surface area is 156 Å². The molecule has 0 saturated heterocycles. The van der Waals surface area contributed by atoms with Crippen molar-refractivity contribution in [1.29, 1.82) is 0 Å². The minimum absolute atomic E-state index is 0.298. The van der Waals surface area contributed by atoms with E-state index in [9.17, 15) is 4.79 Å². The first-order valence-electron chi connectivity index (χ1n) is 8.81. The van der Waals surface area contributed by atoms with Gasteiger partial charge in [0.15, 0.2) is 22.7 Å². The molecule has 7 heteroatoms. The molecule has 1 aromatic carbocycles. The van der Waals surface area contributed by atoms with Gasteiger partial charge in [-0.3, -0.25) is 4.79 Å². The van der Waals surface area contributed by atoms with Crippen LogP contribution >= 0.6 is 0 Å². The van der Waals surface area contributed by atoms with Gasteiger partial charge in [-0.2, -0.15) is 0 Å². The highest BCUT2D eigenvalue weighted by Gasteiger charge is 2.40. The molecule has 0 aromatic heterocycles. The zero-order chi connectivity index (χ0) is 19.5. The molecule has 4 nitrogen and oxygen atoms in total. The van der Waals surface area contributed by atoms with E-state index in [1.54, 1.807) is 0 Å². The average molecular weight is 399 g/mol. The minimum atomic E-state index is -2.02. The first-order chi connectivity index (χ1) is 11.2. The van der Waals surface area contributed by atoms with E-state index in [2.05, 4.69) is 39.3 Å². The van der Waals surface area contributed by atoms with E-state index in [-0.39, 0.29) is 5.97 Å². The van der Waals surface area contributed by atoms with Gasteiger partial charge in [0.05, 0.1) is 0 Å². The Morgan fingerprint density at radius 3 is 1.64 bits per heavy atom. The second-order valence-electron chi connectivity index (χ2n) is 9.25. The first kappa shape index (κ1) is 22.3. The van der Waals surface area contributed by atoms with Crippen molar-refractivity contribution in [3.05, 3.63) is 35.9 Å². The molecule has 0 aliphatic heterocycles. The van der Waals surface area contributed by atoms with E-state index < -0.39 is 37.2 Å². The van der Waals surface area contributed by atoms with Crippen molar-refractivity contribution in [2.45, 2.75) is 71.1 Å². The molecule has 0 heterocycles. The van der Waals surface area contributed by atoms with Crippen LogP contribution < -0.4 is 0 Å². The second kappa shape index (κ2) is 8.30. The second-order valence-corrected chi connectivity index (χ2v) is 22.6. The van der Waals surface area contributed by atoms with Crippen molar-refractivity contribution >= 4 is 30.9 Å². The molecule has 0 fully saturated rings. The molecule has 0 N–H and O–H groups in total. The molecule has 0 radical (unpaired) electrons. The molecule has 0 amide bonds. The molecule has 0 saturated carbocycles. The van der Waals surface area contributed by atoms with Gasteiger partial charge in [0.1, 0.15) is 6.10 Å². The fourth-order valence-electron chi connectivity index (χ4n) is 2.30. The van der Waals surface area contributed by atoms with Crippen molar-refractivity contribution in [3.63, 3.8) is 0 Å². The van der Waals surface area contributed by atoms with Crippen LogP contribution in [-0.4, -0.2) is 37.0 Å². The molecule has 0 spiro atoms. The number of hydrogen-bond acceptors (Lipinski definition) is 4. The highest BCUT2D eigenvalue weighted by Crippen LogP contribution is 2.30. The SMILES string of the molecule is C[Si](C)(C)OC(=O)[C@H](O[Si](C)(C)C)[C@H](O[Si](C)(C)C)c1ccccc1. The topological polar surface area (TPSA) is 44.8 Å². The molecule has 0 bridgehead atoms. The van der Waals surface area contributed by atoms with Crippen LogP contribution in [0.15, 0.2) is 30.3 Å². The maximum absolute atomic E-state index is 13.0. The fourth-order valence-corrected chi connectivity index (χ4v) is 5.03. The predicted octanol–water partition coefficient (Wildman–Crippen LogP) is 5.18. The van der Waals surface area contributed by atoms with Crippen LogP contribution in [0, 0.1) is 0 Å². The first-order valence-corrected chi connectivity index (χ1v) is 19.0. The lowest BCUT2D eigenvalue weighted by Crippen LogP contribution is -2.47. The maximum atomic E-state index is 13.0. The third-order valence-electron chi connectivity index (χ3n) is 3.00. The van der Waals surface area contributed by atoms with E-state index in [4.69, 9.17) is 13.3 Å². The number of carbonyl (C=O) groups excluding carboxylic acids is 1. The molecular weight excluding hydrogens is 364 g/mol. The third kappa shape index (κ3) is 8.96. The molecular formula is C18H34O4Si3. The van der Waals surface area contributed by atoms with E-state index >= 15 is 0 Å². The summed E-state index contributed by atoms with van der Waals surface area (Å²) >= 11 is 0. The molecule has 1 aromatic rings. The number of benzene rings is 1. The lowest BCUT2D eigenvalue weighted by atomic mass is 10.1. The monoisotopic (exact) mass is 398 g/mol. The Morgan fingerprint density at radius 2 is 1.24 bits per heavy atom. The zero-order valence-electron chi connectivity index (χ0n) is 17.2. The van der Waals surface area contributed by atoms with Gasteiger partial charge < -0.3 is 13.3 Å². The van der Waals surface area contributed by atoms with Gasteiger partial charge in [-0.15, -0.1) is 0 Å². The van der Waals surface area contributed by atoms with Crippen molar-refractivity contribution in [3.8, 4) is 0 Å². The van der Waals surface area contributed by atoms with Crippen LogP contribution in [0.3, 0.4) is 0 Å². The molecule has 0 aliphatic carbocycles. The smallest absolute Gasteiger partial charge is 0.323 e. The average Bonchev–Trinajstić information content (AvgIpc) is 2.39. The molecule has 0 unspecified atom stereocenters. The van der Waals surface area contributed by atoms with E-state index in [0.717, 1.165) is 5.56 Å². The summed E-state index contributed by atoms with van der Waals surface area (Å²) in [5.41, 5.74) is 0.959. The van der Waals surface area contributed by atoms with Gasteiger partial charge in [-0.1, -0.05) is 30.3 Å². The Balaban J connectivity index is 3.29. The summed E-state index contributed by atoms with van der Waals surface area (Å²) in [6.07, 6.45) is -1.17. The summed E-state index contributed by atoms with van der Waals surface area (Å²) in [6, 6.07) is 9.88. The van der Waals surface area contributed by atoms with Gasteiger partial charge in [-0.05, 0) is 64.5 Å². The van der Waals surface area contributed by atoms with Crippen LogP contribution in [0.4, 0.5) is 0 Å². The number of hydrogen-bond donors (Lipinski definition) is 0. The summed E-state index contributed by atoms with van der Waals surface area (Å²) in [5, 5.41) is 0. The Hall–Kier alpha value is -0.739. The van der Waals surface area contributed by atoms with Gasteiger partial charge in [0, 0.05) is 0 Å². The molecule has 2 atom stereocenters. The summed E-state index contributed by atoms with van der Waals surface area (Å²) < 4.78 is 18.5. The third-order valence-corrected chi connectivity index (χ3v) is 5.74. The number of rotatable bonds is 8. The van der Waals surface area contributed by atoms with Crippen LogP contribution in [0.5, 0.6) is 0 Å². The maximum Gasteiger partial charge on any atom is 0.323 e. The Kier molecular flexibility index (Phi) is 7.41. The quantitative estimate of drug-likeness (QED) is 0.566. The fraction of sp³-hybridized carbons (Fsp3) is 0.611. The predicted molar refractivity (Wildman–Crippen MR) is 111 cm³/mol. The largest absolute Gasteiger partial charge is 0.518 e. The highest BCUT2D eigenvalue weighted by atomic mass is 28.4. The minimum Gasteiger partial charge on any atom is -0.518 e. The van der Waals surface area contributed by atoms with Crippen molar-refractivity contribution in [2.75, 3.05) is 0 Å². The van der Waals surface area contributed by atoms with Gasteiger partial charge in [0.25, 0.3) is 0 Å². The van der Waals surface area contributed by atoms with E-state index in [0.29, 0.717) is 0 Å². The summed E-state index contributed by atoms with van der Waals surface area (Å²) in [7, 11) is -5.91. The van der Waals surface area contributed by atoms with Gasteiger partial charge in [0.2, 0.25) is 8.32 Å². The van der Waals surface area contributed by atoms with Crippen LogP contribution in [0.25, 0.3) is 0 Å². The zero-order valence-corrected chi connectivity index (χ0v) is 20.2. The van der Waals surface area contributed by atoms with Crippen LogP contribution in [-0.2, 0) is 18.1 Å². The Morgan fingerprint density at radius 1 is 0.760 bits per heavy atom. The summed E-state index contributed by atoms with van der Waals surface area (Å²) in [6.45, 7) is 18.6. The normalized spacial score (nSPS) is 15.6. The van der Waals surface area contributed by atoms with Gasteiger partial charge >= 0.3 is 5.97 Å². The van der Waals surface area contributed by atoms with Crippen molar-refractivity contribution in [1.82, 2.24) is 0 Å². The van der Waals surface area contributed by atoms with Crippen molar-refractivity contribution < 1.29 is 18.1 Å². The molecule has 1 rings (SSSR count). The number of carbonyl (C=O) groups is 1. The Bertz CT molecular complexity index is 556. The van der Waals surface area contributed by atoms with E-state index in [1.807, 2.05) is 50.0 Å². The lowest BCUT2D eigenvalue weighted by Gasteiger charge is -2.36. The summed E-state index contributed by atoms with van der Waals surface area (Å²) in [5.74, 6) is -0.298. The highest BCUT2D eigenvalue weighted by molar-refractivity contribution is 6.72. The van der Waals surface area contributed by atoms with Crippen molar-refractivity contribution in [2.24, 2.45) is 0 Å². The molecule has 142 valence electrons. The lowest BCUT2D eigenvalue weighted by molar-refractivity contribution is -0.148. The molecule has 0 aliphatic rings. The van der Waals surface area contributed by atoms with Crippen LogP contribution in [0.1, 0.15) is 11.7 Å².